The van der Waals surface area contributed by atoms with Crippen LogP contribution in [0.5, 0.6) is 0 Å². The van der Waals surface area contributed by atoms with Gasteiger partial charge in [-0.3, -0.25) is 0 Å². The summed E-state index contributed by atoms with van der Waals surface area (Å²) in [6.07, 6.45) is 0. The molecule has 2 nitrogen and oxygen atoms in total. The summed E-state index contributed by atoms with van der Waals surface area (Å²) in [6.45, 7) is 3.43. The van der Waals surface area contributed by atoms with Gasteiger partial charge in [0.05, 0.1) is 0 Å². The molecule has 0 bridgehead atoms. The quantitative estimate of drug-likeness (QED) is 0.497. The fourth-order valence-electron chi connectivity index (χ4n) is 0. The molecule has 0 amide bonds. The zero-order valence-corrected chi connectivity index (χ0v) is 5.36. The molecule has 1 N–H and O–H groups in total. The molecular weight excluding hydrogens is 99.0 g/mol. The van der Waals surface area contributed by atoms with Gasteiger partial charge in [-0.1, -0.05) is 0 Å². The summed E-state index contributed by atoms with van der Waals surface area (Å²) in [5.41, 5.74) is 0. The molecule has 6 heavy (non-hydrogen) atoms. The third-order valence-corrected chi connectivity index (χ3v) is 1.50. The Hall–Kier alpha value is 0.350. The summed E-state index contributed by atoms with van der Waals surface area (Å²) >= 11 is 0. The van der Waals surface area contributed by atoms with Crippen LogP contribution < -0.4 is 0 Å². The molecule has 0 aromatic carbocycles. The van der Waals surface area contributed by atoms with Crippen molar-refractivity contribution in [3.8, 4) is 0 Å². The first-order valence-corrected chi connectivity index (χ1v) is 4.69. The Morgan fingerprint density at radius 2 is 1.67 bits per heavy atom. The molecular formula is C3H11O2P. The summed E-state index contributed by atoms with van der Waals surface area (Å²) in [5.74, 6) is 0. The standard InChI is InChI=1S/C3H11O2P/c1-5-6(2,3)4/h4,6H,1-3H3. The van der Waals surface area contributed by atoms with Crippen LogP contribution in [-0.2, 0) is 4.52 Å². The van der Waals surface area contributed by atoms with Crippen LogP contribution in [0.1, 0.15) is 0 Å². The third-order valence-electron chi connectivity index (χ3n) is 0.500. The van der Waals surface area contributed by atoms with Gasteiger partial charge >= 0.3 is 37.6 Å². The second-order valence-electron chi connectivity index (χ2n) is 1.65. The molecule has 40 valence electrons. The third kappa shape index (κ3) is 4.35. The van der Waals surface area contributed by atoms with Crippen molar-refractivity contribution >= 4 is 7.72 Å². The van der Waals surface area contributed by atoms with Crippen molar-refractivity contribution in [3.05, 3.63) is 0 Å². The molecule has 0 fully saturated rings. The van der Waals surface area contributed by atoms with Crippen molar-refractivity contribution in [3.63, 3.8) is 0 Å². The molecule has 0 atom stereocenters. The van der Waals surface area contributed by atoms with Crippen LogP contribution in [-0.4, -0.2) is 25.3 Å². The van der Waals surface area contributed by atoms with E-state index >= 15 is 0 Å². The van der Waals surface area contributed by atoms with E-state index in [0.717, 1.165) is 0 Å². The number of hydrogen-bond donors (Lipinski definition) is 1. The van der Waals surface area contributed by atoms with Crippen molar-refractivity contribution in [1.29, 1.82) is 0 Å². The summed E-state index contributed by atoms with van der Waals surface area (Å²) < 4.78 is 4.63. The minimum absolute atomic E-state index is 1.52. The first-order valence-electron chi connectivity index (χ1n) is 1.84. The molecule has 0 aliphatic rings. The Balaban J connectivity index is 3.17. The first-order chi connectivity index (χ1) is 2.56. The molecule has 0 spiro atoms. The van der Waals surface area contributed by atoms with Crippen LogP contribution in [0.4, 0.5) is 0 Å². The molecule has 0 aromatic rings. The Morgan fingerprint density at radius 3 is 1.67 bits per heavy atom. The Bertz CT molecular complexity index is 38.5. The zero-order chi connectivity index (χ0) is 5.21. The predicted molar refractivity (Wildman–Crippen MR) is 29.4 cm³/mol. The molecule has 0 saturated carbocycles. The number of rotatable bonds is 1. The molecule has 0 radical (unpaired) electrons. The molecule has 0 heterocycles. The monoisotopic (exact) mass is 110 g/mol. The first kappa shape index (κ1) is 6.35. The second-order valence-corrected chi connectivity index (χ2v) is 4.95. The van der Waals surface area contributed by atoms with Gasteiger partial charge in [0, 0.05) is 0 Å². The zero-order valence-electron chi connectivity index (χ0n) is 4.36. The van der Waals surface area contributed by atoms with Gasteiger partial charge in [-0.15, -0.1) is 0 Å². The summed E-state index contributed by atoms with van der Waals surface area (Å²) in [7, 11) is -0.611. The van der Waals surface area contributed by atoms with Crippen LogP contribution in [0.15, 0.2) is 0 Å². The van der Waals surface area contributed by atoms with Crippen molar-refractivity contribution in [2.75, 3.05) is 20.4 Å². The van der Waals surface area contributed by atoms with E-state index in [1.165, 1.54) is 7.11 Å². The van der Waals surface area contributed by atoms with Gasteiger partial charge in [0.1, 0.15) is 0 Å². The van der Waals surface area contributed by atoms with E-state index in [-0.39, 0.29) is 0 Å². The second kappa shape index (κ2) is 1.87. The molecule has 3 heteroatoms. The fraction of sp³-hybridized carbons (Fsp3) is 1.00. The van der Waals surface area contributed by atoms with Crippen molar-refractivity contribution in [2.24, 2.45) is 0 Å². The van der Waals surface area contributed by atoms with Crippen LogP contribution in [0.2, 0.25) is 0 Å². The molecule has 0 aromatic heterocycles. The molecule has 0 aliphatic carbocycles. The maximum absolute atomic E-state index is 8.74. The van der Waals surface area contributed by atoms with Gasteiger partial charge in [-0.25, -0.2) is 0 Å². The van der Waals surface area contributed by atoms with Gasteiger partial charge in [0.25, 0.3) is 0 Å². The van der Waals surface area contributed by atoms with Crippen LogP contribution in [0.25, 0.3) is 0 Å². The van der Waals surface area contributed by atoms with Gasteiger partial charge < -0.3 is 0 Å². The van der Waals surface area contributed by atoms with E-state index in [2.05, 4.69) is 4.52 Å². The van der Waals surface area contributed by atoms with E-state index in [0.29, 0.717) is 0 Å². The fourth-order valence-corrected chi connectivity index (χ4v) is 0. The average molecular weight is 110 g/mol. The molecule has 0 aliphatic heterocycles. The van der Waals surface area contributed by atoms with E-state index < -0.39 is 7.72 Å². The van der Waals surface area contributed by atoms with Gasteiger partial charge in [0.2, 0.25) is 0 Å². The van der Waals surface area contributed by atoms with Gasteiger partial charge in [-0.2, -0.15) is 0 Å². The van der Waals surface area contributed by atoms with Gasteiger partial charge in [0.15, 0.2) is 0 Å². The van der Waals surface area contributed by atoms with Crippen molar-refractivity contribution < 1.29 is 9.42 Å². The van der Waals surface area contributed by atoms with Crippen LogP contribution in [0.3, 0.4) is 0 Å². The average Bonchev–Trinajstić information content (AvgIpc) is 1.35. The molecule has 0 rings (SSSR count). The Labute approximate surface area is 38.6 Å². The van der Waals surface area contributed by atoms with E-state index in [1.54, 1.807) is 13.3 Å². The maximum atomic E-state index is 8.74. The summed E-state index contributed by atoms with van der Waals surface area (Å²) in [6, 6.07) is 0. The van der Waals surface area contributed by atoms with E-state index in [4.69, 9.17) is 4.89 Å². The van der Waals surface area contributed by atoms with E-state index in [9.17, 15) is 0 Å². The summed E-state index contributed by atoms with van der Waals surface area (Å²) in [5, 5.41) is 0. The van der Waals surface area contributed by atoms with Crippen LogP contribution in [0, 0.1) is 0 Å². The van der Waals surface area contributed by atoms with E-state index in [1.807, 2.05) is 0 Å². The predicted octanol–water partition coefficient (Wildman–Crippen LogP) is 0.465. The Kier molecular flexibility index (Phi) is 1.98. The minimum atomic E-state index is -2.13. The SMILES string of the molecule is CO[PH](C)(C)O. The normalized spacial score (nSPS) is 14.7. The topological polar surface area (TPSA) is 29.5 Å². The molecule has 0 saturated heterocycles. The van der Waals surface area contributed by atoms with Crippen LogP contribution >= 0.6 is 7.72 Å². The summed E-state index contributed by atoms with van der Waals surface area (Å²) in [4.78, 5) is 8.74. The number of hydrogen-bond acceptors (Lipinski definition) is 2. The Morgan fingerprint density at radius 1 is 1.50 bits per heavy atom. The van der Waals surface area contributed by atoms with Crippen molar-refractivity contribution in [2.45, 2.75) is 0 Å². The van der Waals surface area contributed by atoms with Gasteiger partial charge in [-0.05, 0) is 0 Å². The molecule has 0 unspecified atom stereocenters. The van der Waals surface area contributed by atoms with Crippen molar-refractivity contribution in [1.82, 2.24) is 0 Å².